The highest BCUT2D eigenvalue weighted by Crippen LogP contribution is 2.39. The zero-order valence-electron chi connectivity index (χ0n) is 18.9. The molecule has 2 unspecified atom stereocenters. The summed E-state index contributed by atoms with van der Waals surface area (Å²) in [5.74, 6) is -0.769. The third-order valence-electron chi connectivity index (χ3n) is 5.95. The smallest absolute Gasteiger partial charge is 0.254 e. The number of allylic oxidation sites excluding steroid dienone is 5. The first-order valence-corrected chi connectivity index (χ1v) is 11.2. The van der Waals surface area contributed by atoms with Crippen LogP contribution in [-0.2, 0) is 9.53 Å². The second-order valence-electron chi connectivity index (χ2n) is 7.98. The van der Waals surface area contributed by atoms with E-state index < -0.39 is 12.0 Å². The van der Waals surface area contributed by atoms with Gasteiger partial charge >= 0.3 is 0 Å². The first-order valence-electron chi connectivity index (χ1n) is 11.2. The number of rotatable bonds is 9. The number of carbonyl (C=O) groups excluding carboxylic acids is 2. The van der Waals surface area contributed by atoms with Crippen molar-refractivity contribution in [1.29, 1.82) is 0 Å². The highest BCUT2D eigenvalue weighted by molar-refractivity contribution is 6.01. The van der Waals surface area contributed by atoms with Gasteiger partial charge in [0, 0.05) is 25.8 Å². The number of unbranched alkanes of at least 4 members (excludes halogenated alkanes) is 1. The second-order valence-corrected chi connectivity index (χ2v) is 7.98. The van der Waals surface area contributed by atoms with E-state index >= 15 is 0 Å². The number of ether oxygens (including phenoxy) is 1. The lowest BCUT2D eigenvalue weighted by atomic mass is 9.77. The maximum atomic E-state index is 13.6. The Morgan fingerprint density at radius 3 is 2.84 bits per heavy atom. The van der Waals surface area contributed by atoms with E-state index in [1.165, 1.54) is 0 Å². The van der Waals surface area contributed by atoms with Crippen molar-refractivity contribution in [2.24, 2.45) is 5.73 Å². The maximum Gasteiger partial charge on any atom is 0.254 e. The minimum Gasteiger partial charge on any atom is -0.404 e. The molecule has 6 heteroatoms. The lowest BCUT2D eigenvalue weighted by Gasteiger charge is -2.43. The van der Waals surface area contributed by atoms with E-state index in [1.807, 2.05) is 48.6 Å². The summed E-state index contributed by atoms with van der Waals surface area (Å²) >= 11 is 0. The Morgan fingerprint density at radius 2 is 2.09 bits per heavy atom. The Balaban J connectivity index is 2.12. The van der Waals surface area contributed by atoms with Gasteiger partial charge in [0.15, 0.2) is 0 Å². The topological polar surface area (TPSA) is 84.7 Å². The molecule has 0 bridgehead atoms. The van der Waals surface area contributed by atoms with E-state index in [4.69, 9.17) is 10.5 Å². The zero-order chi connectivity index (χ0) is 22.9. The van der Waals surface area contributed by atoms with Crippen molar-refractivity contribution in [2.45, 2.75) is 38.1 Å². The Bertz CT molecular complexity index is 945. The van der Waals surface area contributed by atoms with Gasteiger partial charge in [-0.3, -0.25) is 9.59 Å². The number of hydrogen-bond donors (Lipinski definition) is 2. The van der Waals surface area contributed by atoms with Crippen molar-refractivity contribution in [2.75, 3.05) is 26.8 Å². The van der Waals surface area contributed by atoms with Crippen LogP contribution in [0, 0.1) is 0 Å². The molecule has 2 amide bonds. The summed E-state index contributed by atoms with van der Waals surface area (Å²) in [7, 11) is 1.61. The number of hydrogen-bond acceptors (Lipinski definition) is 4. The van der Waals surface area contributed by atoms with Crippen LogP contribution in [0.1, 0.15) is 48.0 Å². The van der Waals surface area contributed by atoms with Gasteiger partial charge in [-0.25, -0.2) is 0 Å². The monoisotopic (exact) mass is 435 g/mol. The first kappa shape index (κ1) is 23.5. The van der Waals surface area contributed by atoms with Crippen molar-refractivity contribution >= 4 is 11.8 Å². The van der Waals surface area contributed by atoms with Crippen LogP contribution in [0.4, 0.5) is 0 Å². The summed E-state index contributed by atoms with van der Waals surface area (Å²) in [6.45, 7) is 3.42. The van der Waals surface area contributed by atoms with Gasteiger partial charge in [-0.2, -0.15) is 0 Å². The molecule has 2 aliphatic rings. The number of nitrogens with one attached hydrogen (secondary N) is 1. The molecular weight excluding hydrogens is 402 g/mol. The van der Waals surface area contributed by atoms with E-state index in [1.54, 1.807) is 24.3 Å². The van der Waals surface area contributed by atoms with Crippen LogP contribution in [0.25, 0.3) is 0 Å². The Morgan fingerprint density at radius 1 is 1.28 bits per heavy atom. The van der Waals surface area contributed by atoms with Crippen LogP contribution in [-0.4, -0.2) is 49.6 Å². The van der Waals surface area contributed by atoms with Gasteiger partial charge in [0.2, 0.25) is 5.91 Å². The SMILES string of the molecule is CCCCNC(=O)C1c2ccccc2C(=O)N(CCOC)C1/C(=C/N)C1=CC=CC=CC1. The molecule has 170 valence electrons. The summed E-state index contributed by atoms with van der Waals surface area (Å²) < 4.78 is 5.30. The summed E-state index contributed by atoms with van der Waals surface area (Å²) in [4.78, 5) is 28.8. The van der Waals surface area contributed by atoms with Crippen LogP contribution >= 0.6 is 0 Å². The number of carbonyl (C=O) groups is 2. The van der Waals surface area contributed by atoms with Gasteiger partial charge < -0.3 is 20.7 Å². The van der Waals surface area contributed by atoms with Gasteiger partial charge in [0.05, 0.1) is 18.6 Å². The minimum atomic E-state index is -0.565. The van der Waals surface area contributed by atoms with Crippen LogP contribution in [0.15, 0.2) is 72.0 Å². The molecule has 1 aromatic rings. The zero-order valence-corrected chi connectivity index (χ0v) is 18.9. The van der Waals surface area contributed by atoms with Crippen molar-refractivity contribution in [3.05, 3.63) is 83.1 Å². The predicted molar refractivity (Wildman–Crippen MR) is 127 cm³/mol. The molecular formula is C26H33N3O3. The van der Waals surface area contributed by atoms with Crippen molar-refractivity contribution in [3.63, 3.8) is 0 Å². The highest BCUT2D eigenvalue weighted by atomic mass is 16.5. The Kier molecular flexibility index (Phi) is 8.45. The van der Waals surface area contributed by atoms with Crippen LogP contribution in [0.3, 0.4) is 0 Å². The van der Waals surface area contributed by atoms with Gasteiger partial charge in [-0.1, -0.05) is 61.9 Å². The fourth-order valence-electron chi connectivity index (χ4n) is 4.34. The molecule has 0 spiro atoms. The van der Waals surface area contributed by atoms with E-state index in [-0.39, 0.29) is 11.8 Å². The molecule has 1 aromatic carbocycles. The molecule has 0 fully saturated rings. The Labute approximate surface area is 190 Å². The summed E-state index contributed by atoms with van der Waals surface area (Å²) in [6.07, 6.45) is 14.1. The molecule has 3 N–H and O–H groups in total. The second kappa shape index (κ2) is 11.5. The molecule has 0 aromatic heterocycles. The average molecular weight is 436 g/mol. The lowest BCUT2D eigenvalue weighted by molar-refractivity contribution is -0.123. The van der Waals surface area contributed by atoms with Crippen LogP contribution < -0.4 is 11.1 Å². The standard InChI is InChI=1S/C26H33N3O3/c1-3-4-15-28-25(30)23-20-13-9-10-14-21(20)26(31)29(16-17-32-2)24(23)22(18-27)19-11-7-5-6-8-12-19/h5-11,13-14,18,23-24H,3-4,12,15-17,27H2,1-2H3,(H,28,30)/b22-18+. The molecule has 0 saturated carbocycles. The number of methoxy groups -OCH3 is 1. The molecule has 0 radical (unpaired) electrons. The van der Waals surface area contributed by atoms with E-state index in [2.05, 4.69) is 12.2 Å². The molecule has 3 rings (SSSR count). The van der Waals surface area contributed by atoms with E-state index in [0.29, 0.717) is 31.7 Å². The molecule has 32 heavy (non-hydrogen) atoms. The number of nitrogens with zero attached hydrogens (tertiary/aromatic N) is 1. The van der Waals surface area contributed by atoms with Gasteiger partial charge in [0.1, 0.15) is 0 Å². The minimum absolute atomic E-state index is 0.0922. The largest absolute Gasteiger partial charge is 0.404 e. The fraction of sp³-hybridized carbons (Fsp3) is 0.385. The average Bonchev–Trinajstić information content (AvgIpc) is 3.09. The lowest BCUT2D eigenvalue weighted by Crippen LogP contribution is -2.54. The number of fused-ring (bicyclic) bond motifs is 1. The molecule has 1 aliphatic heterocycles. The predicted octanol–water partition coefficient (Wildman–Crippen LogP) is 3.44. The molecule has 1 aliphatic carbocycles. The van der Waals surface area contributed by atoms with E-state index in [9.17, 15) is 9.59 Å². The van der Waals surface area contributed by atoms with Crippen molar-refractivity contribution in [3.8, 4) is 0 Å². The van der Waals surface area contributed by atoms with Gasteiger partial charge in [-0.15, -0.1) is 0 Å². The van der Waals surface area contributed by atoms with Crippen LogP contribution in [0.2, 0.25) is 0 Å². The molecule has 1 heterocycles. The molecule has 6 nitrogen and oxygen atoms in total. The first-order chi connectivity index (χ1) is 15.6. The summed E-state index contributed by atoms with van der Waals surface area (Å²) in [6, 6.07) is 6.86. The van der Waals surface area contributed by atoms with Crippen molar-refractivity contribution < 1.29 is 14.3 Å². The third-order valence-corrected chi connectivity index (χ3v) is 5.95. The number of benzene rings is 1. The highest BCUT2D eigenvalue weighted by Gasteiger charge is 2.45. The number of amides is 2. The maximum absolute atomic E-state index is 13.6. The molecule has 0 saturated heterocycles. The van der Waals surface area contributed by atoms with Crippen molar-refractivity contribution in [1.82, 2.24) is 10.2 Å². The molecule has 2 atom stereocenters. The third kappa shape index (κ3) is 5.02. The quantitative estimate of drug-likeness (QED) is 0.582. The van der Waals surface area contributed by atoms with E-state index in [0.717, 1.165) is 29.6 Å². The summed E-state index contributed by atoms with van der Waals surface area (Å²) in [5, 5.41) is 3.09. The normalized spacial score (nSPS) is 20.6. The van der Waals surface area contributed by atoms with Gasteiger partial charge in [-0.05, 0) is 41.8 Å². The fourth-order valence-corrected chi connectivity index (χ4v) is 4.34. The van der Waals surface area contributed by atoms with Crippen LogP contribution in [0.5, 0.6) is 0 Å². The number of nitrogens with two attached hydrogens (primary N) is 1. The Hall–Kier alpha value is -3.12. The van der Waals surface area contributed by atoms with Gasteiger partial charge in [0.25, 0.3) is 5.91 Å². The summed E-state index contributed by atoms with van der Waals surface area (Å²) in [5.41, 5.74) is 9.25.